The maximum atomic E-state index is 11.3. The molecule has 0 aliphatic heterocycles. The highest BCUT2D eigenvalue weighted by Crippen LogP contribution is 2.18. The summed E-state index contributed by atoms with van der Waals surface area (Å²) in [5.74, 6) is 0. The van der Waals surface area contributed by atoms with Crippen molar-refractivity contribution in [1.29, 1.82) is 0 Å². The highest BCUT2D eigenvalue weighted by atomic mass is 32.2. The lowest BCUT2D eigenvalue weighted by atomic mass is 10.0. The Morgan fingerprint density at radius 3 is 1.74 bits per heavy atom. The third kappa shape index (κ3) is 14.7. The zero-order chi connectivity index (χ0) is 20.4. The molecule has 0 amide bonds. The van der Waals surface area contributed by atoms with Crippen molar-refractivity contribution < 1.29 is 18.1 Å². The zero-order valence-electron chi connectivity index (χ0n) is 16.9. The largest absolute Gasteiger partial charge is 0.395 e. The summed E-state index contributed by atoms with van der Waals surface area (Å²) in [5, 5.41) is 7.75. The molecule has 0 atom stereocenters. The molecule has 0 heterocycles. The molecule has 27 heavy (non-hydrogen) atoms. The van der Waals surface area contributed by atoms with Gasteiger partial charge in [0.05, 0.1) is 11.5 Å². The number of hydrogen-bond acceptors (Lipinski definition) is 4. The van der Waals surface area contributed by atoms with Crippen molar-refractivity contribution in [3.63, 3.8) is 0 Å². The van der Waals surface area contributed by atoms with Crippen LogP contribution >= 0.6 is 0 Å². The van der Waals surface area contributed by atoms with Crippen LogP contribution in [0, 0.1) is 0 Å². The van der Waals surface area contributed by atoms with Crippen LogP contribution in [-0.2, 0) is 16.5 Å². The molecule has 1 aromatic rings. The third-order valence-corrected chi connectivity index (χ3v) is 5.38. The monoisotopic (exact) mass is 401 g/mol. The number of aryl methyl sites for hydroxylation is 1. The number of hydrogen-bond donors (Lipinski definition) is 3. The molecule has 0 unspecified atom stereocenters. The van der Waals surface area contributed by atoms with Gasteiger partial charge in [0.15, 0.2) is 0 Å². The van der Waals surface area contributed by atoms with E-state index in [0.717, 1.165) is 18.4 Å². The first-order valence-electron chi connectivity index (χ1n) is 10.3. The standard InChI is InChI=1S/C19H32O3S.C2H7NO/c1-2-3-4-5-6-7-8-9-10-11-12-15-18-16-13-14-17-19(18)23(20,21)22;3-1-2-4/h13-14,16-17H,2-12,15H2,1H3,(H,20,21,22);4H,1-3H2. The molecule has 1 rings (SSSR count). The van der Waals surface area contributed by atoms with Crippen molar-refractivity contribution in [1.82, 2.24) is 0 Å². The minimum atomic E-state index is -4.10. The summed E-state index contributed by atoms with van der Waals surface area (Å²) in [7, 11) is -4.10. The number of rotatable bonds is 14. The second-order valence-corrected chi connectivity index (χ2v) is 8.27. The average Bonchev–Trinajstić information content (AvgIpc) is 2.66. The van der Waals surface area contributed by atoms with Crippen LogP contribution in [0.3, 0.4) is 0 Å². The number of unbranched alkanes of at least 4 members (excludes halogenated alkanes) is 10. The van der Waals surface area contributed by atoms with Crippen molar-refractivity contribution >= 4 is 10.1 Å². The Morgan fingerprint density at radius 2 is 1.30 bits per heavy atom. The van der Waals surface area contributed by atoms with Crippen molar-refractivity contribution in [2.45, 2.75) is 88.9 Å². The van der Waals surface area contributed by atoms with Gasteiger partial charge in [0.1, 0.15) is 0 Å². The molecule has 4 N–H and O–H groups in total. The number of benzene rings is 1. The van der Waals surface area contributed by atoms with Crippen LogP contribution in [0.5, 0.6) is 0 Å². The van der Waals surface area contributed by atoms with E-state index in [-0.39, 0.29) is 11.5 Å². The maximum absolute atomic E-state index is 11.3. The van der Waals surface area contributed by atoms with Crippen LogP contribution in [-0.4, -0.2) is 31.2 Å². The molecule has 0 aliphatic rings. The first kappa shape index (κ1) is 26.1. The Labute approximate surface area is 166 Å². The van der Waals surface area contributed by atoms with Crippen LogP contribution in [0.1, 0.15) is 83.1 Å². The lowest BCUT2D eigenvalue weighted by Gasteiger charge is -2.07. The first-order chi connectivity index (χ1) is 13.0. The lowest BCUT2D eigenvalue weighted by Crippen LogP contribution is -2.03. The van der Waals surface area contributed by atoms with E-state index in [4.69, 9.17) is 10.8 Å². The summed E-state index contributed by atoms with van der Waals surface area (Å²) < 4.78 is 31.8. The van der Waals surface area contributed by atoms with Crippen LogP contribution in [0.4, 0.5) is 0 Å². The van der Waals surface area contributed by atoms with Crippen molar-refractivity contribution in [3.8, 4) is 0 Å². The average molecular weight is 402 g/mol. The molecule has 0 aromatic heterocycles. The summed E-state index contributed by atoms with van der Waals surface area (Å²) in [6.45, 7) is 2.72. The summed E-state index contributed by atoms with van der Waals surface area (Å²) >= 11 is 0. The van der Waals surface area contributed by atoms with Gasteiger partial charge in [-0.2, -0.15) is 8.42 Å². The van der Waals surface area contributed by atoms with Gasteiger partial charge in [-0.3, -0.25) is 4.55 Å². The van der Waals surface area contributed by atoms with Gasteiger partial charge in [-0.15, -0.1) is 0 Å². The molecular weight excluding hydrogens is 362 g/mol. The summed E-state index contributed by atoms with van der Waals surface area (Å²) in [6.07, 6.45) is 14.7. The van der Waals surface area contributed by atoms with Crippen LogP contribution in [0.15, 0.2) is 29.2 Å². The fourth-order valence-electron chi connectivity index (χ4n) is 2.94. The van der Waals surface area contributed by atoms with E-state index in [0.29, 0.717) is 13.0 Å². The van der Waals surface area contributed by atoms with E-state index in [2.05, 4.69) is 6.92 Å². The van der Waals surface area contributed by atoms with Gasteiger partial charge >= 0.3 is 0 Å². The van der Waals surface area contributed by atoms with E-state index in [1.165, 1.54) is 63.9 Å². The molecule has 0 bridgehead atoms. The topological polar surface area (TPSA) is 101 Å². The van der Waals surface area contributed by atoms with Gasteiger partial charge in [0.25, 0.3) is 10.1 Å². The van der Waals surface area contributed by atoms with Crippen molar-refractivity contribution in [3.05, 3.63) is 29.8 Å². The normalized spacial score (nSPS) is 11.1. The lowest BCUT2D eigenvalue weighted by molar-refractivity contribution is 0.306. The molecule has 0 saturated heterocycles. The van der Waals surface area contributed by atoms with Gasteiger partial charge in [-0.1, -0.05) is 89.3 Å². The molecule has 1 aromatic carbocycles. The molecule has 6 heteroatoms. The second kappa shape index (κ2) is 17.2. The molecule has 0 aliphatic carbocycles. The first-order valence-corrected chi connectivity index (χ1v) is 11.8. The molecular formula is C21H39NO4S. The minimum Gasteiger partial charge on any atom is -0.395 e. The van der Waals surface area contributed by atoms with Gasteiger partial charge in [-0.25, -0.2) is 0 Å². The predicted octanol–water partition coefficient (Wildman–Crippen LogP) is 4.72. The van der Waals surface area contributed by atoms with Crippen LogP contribution in [0.2, 0.25) is 0 Å². The fourth-order valence-corrected chi connectivity index (χ4v) is 3.69. The van der Waals surface area contributed by atoms with Gasteiger partial charge in [0.2, 0.25) is 0 Å². The highest BCUT2D eigenvalue weighted by Gasteiger charge is 2.13. The summed E-state index contributed by atoms with van der Waals surface area (Å²) in [4.78, 5) is 0.0621. The van der Waals surface area contributed by atoms with Gasteiger partial charge in [-0.05, 0) is 24.5 Å². The highest BCUT2D eigenvalue weighted by molar-refractivity contribution is 7.85. The Morgan fingerprint density at radius 1 is 0.852 bits per heavy atom. The van der Waals surface area contributed by atoms with Crippen molar-refractivity contribution in [2.24, 2.45) is 5.73 Å². The Kier molecular flexibility index (Phi) is 16.6. The van der Waals surface area contributed by atoms with Crippen LogP contribution < -0.4 is 5.73 Å². The molecule has 158 valence electrons. The molecule has 5 nitrogen and oxygen atoms in total. The molecule has 0 radical (unpaired) electrons. The number of aliphatic hydroxyl groups is 1. The predicted molar refractivity (Wildman–Crippen MR) is 113 cm³/mol. The van der Waals surface area contributed by atoms with E-state index >= 15 is 0 Å². The number of aliphatic hydroxyl groups excluding tert-OH is 1. The van der Waals surface area contributed by atoms with E-state index < -0.39 is 10.1 Å². The quantitative estimate of drug-likeness (QED) is 0.309. The van der Waals surface area contributed by atoms with Crippen LogP contribution in [0.25, 0.3) is 0 Å². The van der Waals surface area contributed by atoms with Gasteiger partial charge < -0.3 is 10.8 Å². The molecule has 0 saturated carbocycles. The zero-order valence-corrected chi connectivity index (χ0v) is 17.7. The minimum absolute atomic E-state index is 0.0621. The van der Waals surface area contributed by atoms with Gasteiger partial charge in [0, 0.05) is 6.54 Å². The summed E-state index contributed by atoms with van der Waals surface area (Å²) in [6, 6.07) is 6.73. The fraction of sp³-hybridized carbons (Fsp3) is 0.714. The smallest absolute Gasteiger partial charge is 0.294 e. The molecule has 0 fully saturated rings. The van der Waals surface area contributed by atoms with E-state index in [1.807, 2.05) is 6.07 Å². The summed E-state index contributed by atoms with van der Waals surface area (Å²) in [5.41, 5.74) is 5.51. The Hall–Kier alpha value is -0.950. The van der Waals surface area contributed by atoms with E-state index in [1.54, 1.807) is 12.1 Å². The maximum Gasteiger partial charge on any atom is 0.294 e. The Balaban J connectivity index is 0.00000153. The second-order valence-electron chi connectivity index (χ2n) is 6.88. The molecule has 0 spiro atoms. The SMILES string of the molecule is CCCCCCCCCCCCCc1ccccc1S(=O)(=O)O.NCCO. The third-order valence-electron chi connectivity index (χ3n) is 4.43. The van der Waals surface area contributed by atoms with E-state index in [9.17, 15) is 13.0 Å². The van der Waals surface area contributed by atoms with Crippen molar-refractivity contribution in [2.75, 3.05) is 13.2 Å². The number of nitrogens with two attached hydrogens (primary N) is 1. The Bertz CT molecular complexity index is 559.